The van der Waals surface area contributed by atoms with Crippen molar-refractivity contribution in [2.24, 2.45) is 0 Å². The molecule has 190 valence electrons. The molecule has 11 heteroatoms. The number of alkyl halides is 2. The van der Waals surface area contributed by atoms with E-state index in [0.717, 1.165) is 38.0 Å². The van der Waals surface area contributed by atoms with Crippen LogP contribution < -0.4 is 16.2 Å². The fraction of sp³-hybridized carbons (Fsp3) is 0.385. The van der Waals surface area contributed by atoms with Gasteiger partial charge in [0.2, 0.25) is 5.95 Å². The first-order chi connectivity index (χ1) is 17.8. The summed E-state index contributed by atoms with van der Waals surface area (Å²) in [6, 6.07) is 11.0. The van der Waals surface area contributed by atoms with Crippen molar-refractivity contribution in [1.82, 2.24) is 29.6 Å². The van der Waals surface area contributed by atoms with Gasteiger partial charge in [-0.05, 0) is 61.2 Å². The normalized spacial score (nSPS) is 19.9. The van der Waals surface area contributed by atoms with Crippen molar-refractivity contribution in [1.29, 1.82) is 0 Å². The number of fused-ring (bicyclic) bond motifs is 2. The fourth-order valence-corrected chi connectivity index (χ4v) is 5.40. The first kappa shape index (κ1) is 22.5. The monoisotopic (exact) mass is 505 g/mol. The molecule has 0 saturated heterocycles. The third-order valence-corrected chi connectivity index (χ3v) is 7.40. The van der Waals surface area contributed by atoms with Gasteiger partial charge in [0.1, 0.15) is 11.0 Å². The van der Waals surface area contributed by atoms with Gasteiger partial charge in [0, 0.05) is 31.3 Å². The van der Waals surface area contributed by atoms with E-state index < -0.39 is 24.4 Å². The van der Waals surface area contributed by atoms with Crippen molar-refractivity contribution in [3.05, 3.63) is 69.8 Å². The minimum absolute atomic E-state index is 0.00664. The van der Waals surface area contributed by atoms with E-state index in [1.807, 2.05) is 6.07 Å². The summed E-state index contributed by atoms with van der Waals surface area (Å²) in [6.07, 6.45) is 2.82. The predicted molar refractivity (Wildman–Crippen MR) is 132 cm³/mol. The lowest BCUT2D eigenvalue weighted by Crippen LogP contribution is -2.49. The van der Waals surface area contributed by atoms with Crippen LogP contribution in [0.25, 0.3) is 16.9 Å². The maximum absolute atomic E-state index is 13.6. The molecule has 3 aromatic heterocycles. The molecule has 9 nitrogen and oxygen atoms in total. The molecule has 3 N–H and O–H groups in total. The summed E-state index contributed by atoms with van der Waals surface area (Å²) >= 11 is 0. The van der Waals surface area contributed by atoms with Crippen LogP contribution in [0.3, 0.4) is 0 Å². The predicted octanol–water partition coefficient (Wildman–Crippen LogP) is 3.32. The first-order valence-corrected chi connectivity index (χ1v) is 12.5. The summed E-state index contributed by atoms with van der Waals surface area (Å²) in [5, 5.41) is 17.7. The van der Waals surface area contributed by atoms with Gasteiger partial charge in [-0.15, -0.1) is 0 Å². The van der Waals surface area contributed by atoms with Crippen LogP contribution in [-0.2, 0) is 18.6 Å². The largest absolute Gasteiger partial charge is 0.383 e. The van der Waals surface area contributed by atoms with E-state index in [-0.39, 0.29) is 17.3 Å². The molecule has 1 aromatic carbocycles. The minimum atomic E-state index is -2.91. The van der Waals surface area contributed by atoms with Gasteiger partial charge in [-0.2, -0.15) is 4.98 Å². The Balaban J connectivity index is 1.31. The summed E-state index contributed by atoms with van der Waals surface area (Å²) in [4.78, 5) is 26.9. The van der Waals surface area contributed by atoms with Crippen molar-refractivity contribution in [3.8, 4) is 5.82 Å². The second-order valence-electron chi connectivity index (χ2n) is 10.3. The molecule has 0 radical (unpaired) electrons. The van der Waals surface area contributed by atoms with Crippen LogP contribution in [0.4, 0.5) is 20.4 Å². The number of hydrogen-bond donors (Lipinski definition) is 3. The lowest BCUT2D eigenvalue weighted by atomic mass is 9.74. The topological polar surface area (TPSA) is 110 Å². The van der Waals surface area contributed by atoms with Crippen LogP contribution in [0.2, 0.25) is 0 Å². The zero-order valence-electron chi connectivity index (χ0n) is 19.9. The molecule has 0 spiro atoms. The first-order valence-electron chi connectivity index (χ1n) is 12.5. The smallest absolute Gasteiger partial charge is 0.278 e. The highest BCUT2D eigenvalue weighted by atomic mass is 19.3. The lowest BCUT2D eigenvalue weighted by Gasteiger charge is -2.42. The van der Waals surface area contributed by atoms with Gasteiger partial charge in [-0.3, -0.25) is 4.79 Å². The fourth-order valence-electron chi connectivity index (χ4n) is 5.40. The SMILES string of the molecule is O=c1c2cnc(Nc3ccc4c(c3)CNCC4)nc2n(-c2cccc(C3(O)CC(F)(F)C3)n2)n1C1CC1. The molecule has 2 saturated carbocycles. The Morgan fingerprint density at radius 1 is 1.11 bits per heavy atom. The summed E-state index contributed by atoms with van der Waals surface area (Å²) < 4.78 is 30.4. The van der Waals surface area contributed by atoms with Crippen LogP contribution in [0.15, 0.2) is 47.4 Å². The Bertz CT molecular complexity index is 1600. The average Bonchev–Trinajstić information content (AvgIpc) is 3.66. The summed E-state index contributed by atoms with van der Waals surface area (Å²) in [7, 11) is 0. The van der Waals surface area contributed by atoms with Crippen molar-refractivity contribution in [2.75, 3.05) is 11.9 Å². The summed E-state index contributed by atoms with van der Waals surface area (Å²) in [5.41, 5.74) is 1.96. The number of aromatic nitrogens is 5. The third kappa shape index (κ3) is 3.80. The second kappa shape index (κ2) is 7.90. The van der Waals surface area contributed by atoms with Crippen molar-refractivity contribution >= 4 is 22.7 Å². The number of rotatable bonds is 5. The number of nitrogens with zero attached hydrogens (tertiary/aromatic N) is 5. The Morgan fingerprint density at radius 3 is 2.73 bits per heavy atom. The van der Waals surface area contributed by atoms with Gasteiger partial charge in [-0.25, -0.2) is 28.1 Å². The van der Waals surface area contributed by atoms with Gasteiger partial charge in [-0.1, -0.05) is 12.1 Å². The Morgan fingerprint density at radius 2 is 1.95 bits per heavy atom. The third-order valence-electron chi connectivity index (χ3n) is 7.40. The van der Waals surface area contributed by atoms with Gasteiger partial charge in [0.25, 0.3) is 11.5 Å². The number of benzene rings is 1. The van der Waals surface area contributed by atoms with Crippen molar-refractivity contribution in [3.63, 3.8) is 0 Å². The van der Waals surface area contributed by atoms with Crippen LogP contribution >= 0.6 is 0 Å². The molecule has 7 rings (SSSR count). The molecule has 0 amide bonds. The van der Waals surface area contributed by atoms with Crippen LogP contribution in [0, 0.1) is 0 Å². The van der Waals surface area contributed by atoms with Crippen LogP contribution in [-0.4, -0.2) is 41.9 Å². The van der Waals surface area contributed by atoms with E-state index in [1.165, 1.54) is 23.4 Å². The number of hydrogen-bond acceptors (Lipinski definition) is 7. The molecule has 3 aliphatic rings. The van der Waals surface area contributed by atoms with Gasteiger partial charge < -0.3 is 15.7 Å². The Hall–Kier alpha value is -3.70. The minimum Gasteiger partial charge on any atom is -0.383 e. The number of halogens is 2. The average molecular weight is 506 g/mol. The zero-order chi connectivity index (χ0) is 25.4. The van der Waals surface area contributed by atoms with Crippen molar-refractivity contribution < 1.29 is 13.9 Å². The molecular formula is C26H25F2N7O2. The Kier molecular flexibility index (Phi) is 4.80. The van der Waals surface area contributed by atoms with Gasteiger partial charge >= 0.3 is 0 Å². The molecule has 0 bridgehead atoms. The quantitative estimate of drug-likeness (QED) is 0.382. The van der Waals surface area contributed by atoms with Crippen LogP contribution in [0.1, 0.15) is 48.5 Å². The highest BCUT2D eigenvalue weighted by Crippen LogP contribution is 2.51. The van der Waals surface area contributed by atoms with Gasteiger partial charge in [0.05, 0.1) is 11.7 Å². The highest BCUT2D eigenvalue weighted by molar-refractivity contribution is 5.77. The zero-order valence-corrected chi connectivity index (χ0v) is 19.9. The Labute approximate surface area is 210 Å². The van der Waals surface area contributed by atoms with E-state index in [1.54, 1.807) is 21.5 Å². The van der Waals surface area contributed by atoms with E-state index in [2.05, 4.69) is 37.7 Å². The van der Waals surface area contributed by atoms with E-state index in [9.17, 15) is 18.7 Å². The molecule has 37 heavy (non-hydrogen) atoms. The van der Waals surface area contributed by atoms with E-state index in [4.69, 9.17) is 0 Å². The summed E-state index contributed by atoms with van der Waals surface area (Å²) in [5.74, 6) is -2.25. The molecule has 2 aliphatic carbocycles. The van der Waals surface area contributed by atoms with E-state index >= 15 is 0 Å². The molecule has 0 atom stereocenters. The molecule has 0 unspecified atom stereocenters. The maximum Gasteiger partial charge on any atom is 0.278 e. The standard InChI is InChI=1S/C26H25F2N7O2/c27-26(28)13-25(37,14-26)20-2-1-3-21(32-20)35-22-19(23(36)34(35)18-6-7-18)12-30-24(33-22)31-17-5-4-15-8-9-29-11-16(15)10-17/h1-5,10,12,18,29,37H,6-9,11,13-14H2,(H,30,31,33). The second-order valence-corrected chi connectivity index (χ2v) is 10.3. The molecule has 2 fully saturated rings. The number of anilines is 2. The lowest BCUT2D eigenvalue weighted by molar-refractivity contribution is -0.212. The van der Waals surface area contributed by atoms with Crippen LogP contribution in [0.5, 0.6) is 0 Å². The number of pyridine rings is 1. The number of aliphatic hydroxyl groups is 1. The van der Waals surface area contributed by atoms with E-state index in [0.29, 0.717) is 22.8 Å². The maximum atomic E-state index is 13.6. The molecule has 1 aliphatic heterocycles. The van der Waals surface area contributed by atoms with Gasteiger partial charge in [0.15, 0.2) is 11.5 Å². The van der Waals surface area contributed by atoms with Crippen molar-refractivity contribution in [2.45, 2.75) is 56.2 Å². The molecular weight excluding hydrogens is 480 g/mol. The number of nitrogens with one attached hydrogen (secondary N) is 2. The summed E-state index contributed by atoms with van der Waals surface area (Å²) in [6.45, 7) is 1.76. The molecule has 4 aromatic rings. The molecule has 4 heterocycles. The highest BCUT2D eigenvalue weighted by Gasteiger charge is 2.57.